The first-order valence-electron chi connectivity index (χ1n) is 5.60. The van der Waals surface area contributed by atoms with Crippen LogP contribution in [0.5, 0.6) is 0 Å². The number of rotatable bonds is 3. The molecule has 0 bridgehead atoms. The van der Waals surface area contributed by atoms with Crippen LogP contribution in [0, 0.1) is 6.92 Å². The maximum atomic E-state index is 5.81. The molecule has 0 aromatic carbocycles. The predicted molar refractivity (Wildman–Crippen MR) is 62.8 cm³/mol. The third-order valence-electron chi connectivity index (χ3n) is 2.55. The Hall–Kier alpha value is -0.960. The Bertz CT molecular complexity index is 343. The fourth-order valence-corrected chi connectivity index (χ4v) is 1.89. The summed E-state index contributed by atoms with van der Waals surface area (Å²) in [4.78, 5) is 9.00. The molecule has 0 aliphatic carbocycles. The lowest BCUT2D eigenvalue weighted by Gasteiger charge is -2.16. The lowest BCUT2D eigenvalue weighted by atomic mass is 9.98. The van der Waals surface area contributed by atoms with Gasteiger partial charge in [-0.3, -0.25) is 0 Å². The van der Waals surface area contributed by atoms with E-state index in [1.807, 2.05) is 13.8 Å². The van der Waals surface area contributed by atoms with Crippen LogP contribution < -0.4 is 5.73 Å². The first kappa shape index (κ1) is 12.1. The van der Waals surface area contributed by atoms with Crippen molar-refractivity contribution < 1.29 is 0 Å². The van der Waals surface area contributed by atoms with E-state index in [9.17, 15) is 0 Å². The van der Waals surface area contributed by atoms with Crippen molar-refractivity contribution in [3.05, 3.63) is 22.8 Å². The molecule has 0 spiro atoms. The Morgan fingerprint density at radius 3 is 2.20 bits per heavy atom. The Kier molecular flexibility index (Phi) is 3.80. The third-order valence-corrected chi connectivity index (χ3v) is 2.55. The van der Waals surface area contributed by atoms with E-state index in [0.29, 0.717) is 5.92 Å². The Morgan fingerprint density at radius 1 is 1.20 bits per heavy atom. The molecule has 84 valence electrons. The summed E-state index contributed by atoms with van der Waals surface area (Å²) in [5.41, 5.74) is 9.30. The van der Waals surface area contributed by atoms with E-state index in [2.05, 4.69) is 30.7 Å². The average Bonchev–Trinajstić information content (AvgIpc) is 2.15. The molecule has 0 aliphatic heterocycles. The van der Waals surface area contributed by atoms with Gasteiger partial charge in [-0.2, -0.15) is 0 Å². The van der Waals surface area contributed by atoms with Crippen molar-refractivity contribution in [1.29, 1.82) is 0 Å². The molecule has 0 saturated carbocycles. The van der Waals surface area contributed by atoms with Crippen LogP contribution in [0.25, 0.3) is 0 Å². The van der Waals surface area contributed by atoms with Crippen LogP contribution in [-0.4, -0.2) is 9.97 Å². The molecule has 3 nitrogen and oxygen atoms in total. The fourth-order valence-electron chi connectivity index (χ4n) is 1.89. The van der Waals surface area contributed by atoms with E-state index in [1.54, 1.807) is 0 Å². The summed E-state index contributed by atoms with van der Waals surface area (Å²) in [5.74, 6) is 1.23. The van der Waals surface area contributed by atoms with E-state index < -0.39 is 0 Å². The van der Waals surface area contributed by atoms with Gasteiger partial charge in [-0.25, -0.2) is 9.97 Å². The van der Waals surface area contributed by atoms with Crippen LogP contribution >= 0.6 is 0 Å². The number of aromatic nitrogens is 2. The highest BCUT2D eigenvalue weighted by Gasteiger charge is 2.14. The van der Waals surface area contributed by atoms with Crippen molar-refractivity contribution in [3.8, 4) is 0 Å². The minimum absolute atomic E-state index is 0.0878. The molecule has 0 aliphatic rings. The highest BCUT2D eigenvalue weighted by molar-refractivity contribution is 5.28. The van der Waals surface area contributed by atoms with Gasteiger partial charge in [-0.1, -0.05) is 20.8 Å². The topological polar surface area (TPSA) is 51.8 Å². The average molecular weight is 207 g/mol. The highest BCUT2D eigenvalue weighted by Crippen LogP contribution is 2.22. The maximum Gasteiger partial charge on any atom is 0.145 e. The molecule has 2 N–H and O–H groups in total. The summed E-state index contributed by atoms with van der Waals surface area (Å²) < 4.78 is 0. The van der Waals surface area contributed by atoms with E-state index in [-0.39, 0.29) is 6.04 Å². The molecule has 15 heavy (non-hydrogen) atoms. The van der Waals surface area contributed by atoms with Crippen LogP contribution in [0.1, 0.15) is 62.4 Å². The predicted octanol–water partition coefficient (Wildman–Crippen LogP) is 2.49. The quantitative estimate of drug-likeness (QED) is 0.828. The van der Waals surface area contributed by atoms with Gasteiger partial charge in [0.25, 0.3) is 0 Å². The number of aryl methyl sites for hydroxylation is 2. The van der Waals surface area contributed by atoms with Gasteiger partial charge in [0, 0.05) is 11.4 Å². The smallest absolute Gasteiger partial charge is 0.145 e. The van der Waals surface area contributed by atoms with Gasteiger partial charge in [0.2, 0.25) is 0 Å². The van der Waals surface area contributed by atoms with Gasteiger partial charge in [-0.15, -0.1) is 0 Å². The van der Waals surface area contributed by atoms with Gasteiger partial charge < -0.3 is 5.73 Å². The summed E-state index contributed by atoms with van der Waals surface area (Å²) in [6.07, 6.45) is 0.941. The van der Waals surface area contributed by atoms with Crippen LogP contribution in [0.2, 0.25) is 0 Å². The summed E-state index contributed by atoms with van der Waals surface area (Å²) in [6, 6.07) is -0.0878. The first-order chi connectivity index (χ1) is 6.97. The number of nitrogens with two attached hydrogens (primary N) is 1. The van der Waals surface area contributed by atoms with Crippen LogP contribution in [0.15, 0.2) is 0 Å². The van der Waals surface area contributed by atoms with Gasteiger partial charge in [0.1, 0.15) is 5.82 Å². The van der Waals surface area contributed by atoms with Crippen LogP contribution in [0.3, 0.4) is 0 Å². The molecule has 1 aromatic heterocycles. The van der Waals surface area contributed by atoms with Gasteiger partial charge in [0.15, 0.2) is 0 Å². The molecule has 0 saturated heterocycles. The minimum Gasteiger partial charge on any atom is -0.322 e. The molecular weight excluding hydrogens is 186 g/mol. The largest absolute Gasteiger partial charge is 0.322 e. The van der Waals surface area contributed by atoms with Crippen LogP contribution in [-0.2, 0) is 6.42 Å². The van der Waals surface area contributed by atoms with Gasteiger partial charge in [0.05, 0.1) is 6.04 Å². The molecule has 3 heteroatoms. The van der Waals surface area contributed by atoms with Crippen LogP contribution in [0.4, 0.5) is 0 Å². The number of hydrogen-bond acceptors (Lipinski definition) is 3. The zero-order chi connectivity index (χ0) is 11.6. The second-order valence-electron chi connectivity index (χ2n) is 4.32. The van der Waals surface area contributed by atoms with Gasteiger partial charge >= 0.3 is 0 Å². The van der Waals surface area contributed by atoms with Crippen molar-refractivity contribution in [2.45, 2.75) is 53.0 Å². The van der Waals surface area contributed by atoms with Crippen molar-refractivity contribution in [3.63, 3.8) is 0 Å². The standard InChI is InChI=1S/C12H21N3/c1-6-10-11(7(2)3)9(5)14-12(15-10)8(4)13/h7-8H,6,13H2,1-5H3/t8-/m0/s1. The SMILES string of the molecule is CCc1nc([C@H](C)N)nc(C)c1C(C)C. The van der Waals surface area contributed by atoms with E-state index >= 15 is 0 Å². The minimum atomic E-state index is -0.0878. The Morgan fingerprint density at radius 2 is 1.80 bits per heavy atom. The summed E-state index contributed by atoms with van der Waals surface area (Å²) in [6.45, 7) is 10.4. The molecule has 0 radical (unpaired) electrons. The fraction of sp³-hybridized carbons (Fsp3) is 0.667. The molecule has 0 unspecified atom stereocenters. The second kappa shape index (κ2) is 4.71. The number of hydrogen-bond donors (Lipinski definition) is 1. The second-order valence-corrected chi connectivity index (χ2v) is 4.32. The summed E-state index contributed by atoms with van der Waals surface area (Å²) >= 11 is 0. The van der Waals surface area contributed by atoms with Crippen molar-refractivity contribution in [1.82, 2.24) is 9.97 Å². The monoisotopic (exact) mass is 207 g/mol. The maximum absolute atomic E-state index is 5.81. The molecule has 1 rings (SSSR count). The molecular formula is C12H21N3. The van der Waals surface area contributed by atoms with Crippen molar-refractivity contribution in [2.75, 3.05) is 0 Å². The summed E-state index contributed by atoms with van der Waals surface area (Å²) in [5, 5.41) is 0. The lowest BCUT2D eigenvalue weighted by Crippen LogP contribution is -2.15. The lowest BCUT2D eigenvalue weighted by molar-refractivity contribution is 0.697. The Balaban J connectivity index is 3.31. The zero-order valence-electron chi connectivity index (χ0n) is 10.3. The molecule has 1 aromatic rings. The van der Waals surface area contributed by atoms with E-state index in [1.165, 1.54) is 5.56 Å². The summed E-state index contributed by atoms with van der Waals surface area (Å²) in [7, 11) is 0. The number of nitrogens with zero attached hydrogens (tertiary/aromatic N) is 2. The zero-order valence-corrected chi connectivity index (χ0v) is 10.3. The first-order valence-corrected chi connectivity index (χ1v) is 5.60. The molecule has 0 fully saturated rings. The van der Waals surface area contributed by atoms with Crippen molar-refractivity contribution >= 4 is 0 Å². The highest BCUT2D eigenvalue weighted by atomic mass is 14.9. The third kappa shape index (κ3) is 2.53. The molecule has 1 heterocycles. The molecule has 1 atom stereocenters. The van der Waals surface area contributed by atoms with E-state index in [0.717, 1.165) is 23.6 Å². The Labute approximate surface area is 92.1 Å². The van der Waals surface area contributed by atoms with E-state index in [4.69, 9.17) is 5.73 Å². The normalized spacial score (nSPS) is 13.3. The van der Waals surface area contributed by atoms with Crippen molar-refractivity contribution in [2.24, 2.45) is 5.73 Å². The van der Waals surface area contributed by atoms with Gasteiger partial charge in [-0.05, 0) is 31.7 Å². The molecule has 0 amide bonds.